The Balaban J connectivity index is 2.15. The van der Waals surface area contributed by atoms with E-state index in [9.17, 15) is 5.11 Å². The van der Waals surface area contributed by atoms with Crippen LogP contribution in [0.3, 0.4) is 0 Å². The third-order valence-electron chi connectivity index (χ3n) is 4.15. The van der Waals surface area contributed by atoms with E-state index in [0.717, 1.165) is 43.8 Å². The predicted molar refractivity (Wildman–Crippen MR) is 87.9 cm³/mol. The summed E-state index contributed by atoms with van der Waals surface area (Å²) in [6.07, 6.45) is 4.91. The molecule has 4 nitrogen and oxygen atoms in total. The maximum absolute atomic E-state index is 10.2. The van der Waals surface area contributed by atoms with Crippen molar-refractivity contribution in [3.63, 3.8) is 0 Å². The van der Waals surface area contributed by atoms with Gasteiger partial charge >= 0.3 is 0 Å². The summed E-state index contributed by atoms with van der Waals surface area (Å²) in [5.74, 6) is 0.305. The molecule has 1 N–H and O–H groups in total. The zero-order valence-electron chi connectivity index (χ0n) is 13.9. The fourth-order valence-corrected chi connectivity index (χ4v) is 2.96. The molecule has 1 fully saturated rings. The summed E-state index contributed by atoms with van der Waals surface area (Å²) in [6, 6.07) is 3.93. The van der Waals surface area contributed by atoms with Gasteiger partial charge in [0.2, 0.25) is 0 Å². The minimum Gasteiger partial charge on any atom is -0.508 e. The van der Waals surface area contributed by atoms with Gasteiger partial charge in [-0.15, -0.1) is 0 Å². The topological polar surface area (TPSA) is 41.9 Å². The molecule has 0 atom stereocenters. The molecule has 1 aromatic carbocycles. The maximum atomic E-state index is 10.2. The van der Waals surface area contributed by atoms with E-state index in [1.807, 2.05) is 6.07 Å². The van der Waals surface area contributed by atoms with Gasteiger partial charge in [0.1, 0.15) is 5.75 Å². The fourth-order valence-electron chi connectivity index (χ4n) is 2.96. The molecule has 4 heteroatoms. The molecule has 1 saturated heterocycles. The van der Waals surface area contributed by atoms with Gasteiger partial charge in [-0.1, -0.05) is 13.3 Å². The third kappa shape index (κ3) is 4.97. The highest BCUT2D eigenvalue weighted by atomic mass is 16.5. The smallest absolute Gasteiger partial charge is 0.121 e. The molecule has 1 aromatic rings. The Morgan fingerprint density at radius 2 is 1.82 bits per heavy atom. The number of phenols is 1. The van der Waals surface area contributed by atoms with Crippen molar-refractivity contribution in [2.45, 2.75) is 52.4 Å². The predicted octanol–water partition coefficient (Wildman–Crippen LogP) is 3.45. The van der Waals surface area contributed by atoms with Crippen LogP contribution in [-0.2, 0) is 29.2 Å². The van der Waals surface area contributed by atoms with E-state index >= 15 is 0 Å². The lowest BCUT2D eigenvalue weighted by molar-refractivity contribution is 0.119. The summed E-state index contributed by atoms with van der Waals surface area (Å²) < 4.78 is 10.9. The Labute approximate surface area is 134 Å². The van der Waals surface area contributed by atoms with Gasteiger partial charge in [-0.2, -0.15) is 0 Å². The van der Waals surface area contributed by atoms with Gasteiger partial charge in [0.05, 0.1) is 13.2 Å². The van der Waals surface area contributed by atoms with Crippen LogP contribution in [0.5, 0.6) is 5.75 Å². The minimum absolute atomic E-state index is 0.305. The van der Waals surface area contributed by atoms with Crippen LogP contribution in [0.15, 0.2) is 12.1 Å². The minimum atomic E-state index is 0.305. The van der Waals surface area contributed by atoms with Crippen LogP contribution in [0, 0.1) is 0 Å². The van der Waals surface area contributed by atoms with Crippen molar-refractivity contribution in [3.8, 4) is 5.75 Å². The van der Waals surface area contributed by atoms with Crippen LogP contribution >= 0.6 is 0 Å². The molecule has 0 unspecified atom stereocenters. The molecule has 1 heterocycles. The molecule has 0 bridgehead atoms. The lowest BCUT2D eigenvalue weighted by atomic mass is 10.0. The number of ether oxygens (including phenoxy) is 2. The van der Waals surface area contributed by atoms with Crippen molar-refractivity contribution in [3.05, 3.63) is 28.8 Å². The first-order valence-electron chi connectivity index (χ1n) is 8.37. The molecule has 0 amide bonds. The number of aromatic hydroxyl groups is 1. The highest BCUT2D eigenvalue weighted by Crippen LogP contribution is 2.26. The van der Waals surface area contributed by atoms with Crippen molar-refractivity contribution in [2.75, 3.05) is 26.8 Å². The second kappa shape index (κ2) is 9.13. The van der Waals surface area contributed by atoms with Crippen molar-refractivity contribution >= 4 is 0 Å². The first kappa shape index (κ1) is 17.3. The monoisotopic (exact) mass is 307 g/mol. The van der Waals surface area contributed by atoms with Gasteiger partial charge in [-0.3, -0.25) is 4.90 Å². The SMILES string of the molecule is CCCOCc1cc(O)c(COC)cc1CN1CCCCC1. The number of piperidine rings is 1. The number of hydrogen-bond acceptors (Lipinski definition) is 4. The van der Waals surface area contributed by atoms with Gasteiger partial charge in [-0.25, -0.2) is 0 Å². The summed E-state index contributed by atoms with van der Waals surface area (Å²) >= 11 is 0. The van der Waals surface area contributed by atoms with E-state index in [1.54, 1.807) is 7.11 Å². The number of nitrogens with zero attached hydrogens (tertiary/aromatic N) is 1. The second-order valence-electron chi connectivity index (χ2n) is 6.07. The fraction of sp³-hybridized carbons (Fsp3) is 0.667. The molecule has 0 radical (unpaired) electrons. The van der Waals surface area contributed by atoms with Crippen LogP contribution in [0.1, 0.15) is 49.3 Å². The average molecular weight is 307 g/mol. The van der Waals surface area contributed by atoms with Crippen LogP contribution in [-0.4, -0.2) is 36.8 Å². The molecule has 1 aliphatic heterocycles. The number of methoxy groups -OCH3 is 1. The highest BCUT2D eigenvalue weighted by molar-refractivity contribution is 5.41. The molecular formula is C18H29NO3. The normalized spacial score (nSPS) is 16.1. The van der Waals surface area contributed by atoms with E-state index in [0.29, 0.717) is 19.0 Å². The average Bonchev–Trinajstić information content (AvgIpc) is 2.53. The van der Waals surface area contributed by atoms with E-state index in [4.69, 9.17) is 9.47 Å². The zero-order chi connectivity index (χ0) is 15.8. The van der Waals surface area contributed by atoms with E-state index in [2.05, 4.69) is 17.9 Å². The molecule has 124 valence electrons. The zero-order valence-corrected chi connectivity index (χ0v) is 13.9. The number of phenolic OH excluding ortho intramolecular Hbond substituents is 1. The highest BCUT2D eigenvalue weighted by Gasteiger charge is 2.15. The standard InChI is InChI=1S/C18H29NO3/c1-3-9-22-14-16-11-18(20)17(13-21-2)10-15(16)12-19-7-5-4-6-8-19/h10-11,20H,3-9,12-14H2,1-2H3. The molecule has 0 aliphatic carbocycles. The first-order valence-corrected chi connectivity index (χ1v) is 8.37. The Bertz CT molecular complexity index is 456. The first-order chi connectivity index (χ1) is 10.7. The Kier molecular flexibility index (Phi) is 7.16. The Hall–Kier alpha value is -1.10. The largest absolute Gasteiger partial charge is 0.508 e. The van der Waals surface area contributed by atoms with Crippen molar-refractivity contribution < 1.29 is 14.6 Å². The summed E-state index contributed by atoms with van der Waals surface area (Å²) in [5.41, 5.74) is 3.20. The van der Waals surface area contributed by atoms with Gasteiger partial charge in [-0.05, 0) is 55.6 Å². The third-order valence-corrected chi connectivity index (χ3v) is 4.15. The Morgan fingerprint density at radius 3 is 2.50 bits per heavy atom. The molecule has 22 heavy (non-hydrogen) atoms. The van der Waals surface area contributed by atoms with E-state index < -0.39 is 0 Å². The number of rotatable bonds is 8. The lowest BCUT2D eigenvalue weighted by Gasteiger charge is -2.27. The second-order valence-corrected chi connectivity index (χ2v) is 6.07. The summed E-state index contributed by atoms with van der Waals surface area (Å²) in [4.78, 5) is 2.50. The maximum Gasteiger partial charge on any atom is 0.121 e. The number of benzene rings is 1. The van der Waals surface area contributed by atoms with E-state index in [-0.39, 0.29) is 0 Å². The lowest BCUT2D eigenvalue weighted by Crippen LogP contribution is -2.29. The molecule has 0 aromatic heterocycles. The summed E-state index contributed by atoms with van der Waals surface area (Å²) in [7, 11) is 1.65. The quantitative estimate of drug-likeness (QED) is 0.747. The van der Waals surface area contributed by atoms with Gasteiger partial charge in [0, 0.05) is 25.8 Å². The molecule has 1 aliphatic rings. The van der Waals surface area contributed by atoms with Crippen molar-refractivity contribution in [1.29, 1.82) is 0 Å². The molecule has 2 rings (SSSR count). The van der Waals surface area contributed by atoms with Gasteiger partial charge < -0.3 is 14.6 Å². The number of hydrogen-bond donors (Lipinski definition) is 1. The van der Waals surface area contributed by atoms with E-state index in [1.165, 1.54) is 24.8 Å². The van der Waals surface area contributed by atoms with Crippen LogP contribution in [0.4, 0.5) is 0 Å². The van der Waals surface area contributed by atoms with Crippen LogP contribution < -0.4 is 0 Å². The molecular weight excluding hydrogens is 278 g/mol. The van der Waals surface area contributed by atoms with Crippen molar-refractivity contribution in [2.24, 2.45) is 0 Å². The molecule has 0 saturated carbocycles. The van der Waals surface area contributed by atoms with Gasteiger partial charge in [0.25, 0.3) is 0 Å². The van der Waals surface area contributed by atoms with Crippen LogP contribution in [0.2, 0.25) is 0 Å². The van der Waals surface area contributed by atoms with Gasteiger partial charge in [0.15, 0.2) is 0 Å². The van der Waals surface area contributed by atoms with Crippen molar-refractivity contribution in [1.82, 2.24) is 4.90 Å². The molecule has 0 spiro atoms. The summed E-state index contributed by atoms with van der Waals surface area (Å²) in [5, 5.41) is 10.2. The van der Waals surface area contributed by atoms with Crippen LogP contribution in [0.25, 0.3) is 0 Å². The number of likely N-dealkylation sites (tertiary alicyclic amines) is 1. The summed E-state index contributed by atoms with van der Waals surface area (Å²) in [6.45, 7) is 7.12. The Morgan fingerprint density at radius 1 is 1.05 bits per heavy atom.